The maximum absolute atomic E-state index is 5.62. The molecule has 0 spiro atoms. The SMILES string of the molecule is Cc1cc([O][Ti+2])c(-c2ccccc2)c(C(C)(C)C)c1.[Cl-].[Cl-]. The van der Waals surface area contributed by atoms with E-state index in [4.69, 9.17) is 3.32 Å². The van der Waals surface area contributed by atoms with Gasteiger partial charge in [-0.3, -0.25) is 0 Å². The number of halogens is 2. The maximum Gasteiger partial charge on any atom is -1.00 e. The van der Waals surface area contributed by atoms with Gasteiger partial charge in [0.2, 0.25) is 0 Å². The molecule has 0 fully saturated rings. The minimum absolute atomic E-state index is 0. The molecule has 21 heavy (non-hydrogen) atoms. The Morgan fingerprint density at radius 3 is 2.00 bits per heavy atom. The van der Waals surface area contributed by atoms with Crippen LogP contribution >= 0.6 is 0 Å². The second-order valence-corrected chi connectivity index (χ2v) is 6.22. The van der Waals surface area contributed by atoms with Crippen LogP contribution in [0.5, 0.6) is 5.75 Å². The predicted molar refractivity (Wildman–Crippen MR) is 75.9 cm³/mol. The Kier molecular flexibility index (Phi) is 8.06. The summed E-state index contributed by atoms with van der Waals surface area (Å²) in [6.45, 7) is 8.85. The van der Waals surface area contributed by atoms with E-state index in [0.29, 0.717) is 0 Å². The van der Waals surface area contributed by atoms with E-state index >= 15 is 0 Å². The molecule has 2 aromatic carbocycles. The Labute approximate surface area is 152 Å². The zero-order valence-electron chi connectivity index (χ0n) is 12.7. The second kappa shape index (κ2) is 8.24. The van der Waals surface area contributed by atoms with Crippen LogP contribution in [0, 0.1) is 6.92 Å². The summed E-state index contributed by atoms with van der Waals surface area (Å²) in [6, 6.07) is 14.8. The molecule has 1 nitrogen and oxygen atoms in total. The first-order valence-corrected chi connectivity index (χ1v) is 7.11. The molecule has 0 saturated heterocycles. The average Bonchev–Trinajstić information content (AvgIpc) is 2.37. The van der Waals surface area contributed by atoms with Crippen molar-refractivity contribution in [3.8, 4) is 16.9 Å². The molecule has 0 N–H and O–H groups in total. The fourth-order valence-electron chi connectivity index (χ4n) is 2.33. The summed E-state index contributed by atoms with van der Waals surface area (Å²) < 4.78 is 5.62. The van der Waals surface area contributed by atoms with Crippen molar-refractivity contribution in [2.24, 2.45) is 0 Å². The van der Waals surface area contributed by atoms with E-state index in [1.165, 1.54) is 22.3 Å². The van der Waals surface area contributed by atoms with Crippen molar-refractivity contribution in [2.45, 2.75) is 33.1 Å². The molecule has 111 valence electrons. The summed E-state index contributed by atoms with van der Waals surface area (Å²) in [5.41, 5.74) is 5.08. The van der Waals surface area contributed by atoms with Gasteiger partial charge in [-0.15, -0.1) is 0 Å². The number of aryl methyl sites for hydroxylation is 1. The molecule has 2 aromatic rings. The first kappa shape index (κ1) is 20.5. The Hall–Kier alpha value is -0.466. The van der Waals surface area contributed by atoms with Crippen LogP contribution in [0.1, 0.15) is 31.9 Å². The van der Waals surface area contributed by atoms with Crippen molar-refractivity contribution in [3.05, 3.63) is 53.6 Å². The van der Waals surface area contributed by atoms with Crippen molar-refractivity contribution < 1.29 is 49.0 Å². The van der Waals surface area contributed by atoms with Gasteiger partial charge in [0, 0.05) is 0 Å². The van der Waals surface area contributed by atoms with Crippen molar-refractivity contribution >= 4 is 0 Å². The molecule has 0 aliphatic carbocycles. The zero-order valence-corrected chi connectivity index (χ0v) is 15.8. The monoisotopic (exact) mass is 357 g/mol. The maximum atomic E-state index is 5.62. The topological polar surface area (TPSA) is 9.23 Å². The molecule has 0 bridgehead atoms. The normalized spacial score (nSPS) is 10.4. The van der Waals surface area contributed by atoms with E-state index in [0.717, 1.165) is 5.75 Å². The summed E-state index contributed by atoms with van der Waals surface area (Å²) >= 11 is 1.74. The Bertz CT molecular complexity index is 577. The third kappa shape index (κ3) is 4.76. The van der Waals surface area contributed by atoms with Crippen LogP contribution in [0.2, 0.25) is 0 Å². The van der Waals surface area contributed by atoms with Gasteiger partial charge < -0.3 is 24.8 Å². The number of hydrogen-bond donors (Lipinski definition) is 0. The molecular weight excluding hydrogens is 339 g/mol. The van der Waals surface area contributed by atoms with Gasteiger partial charge in [0.05, 0.1) is 0 Å². The van der Waals surface area contributed by atoms with Crippen molar-refractivity contribution in [2.75, 3.05) is 0 Å². The van der Waals surface area contributed by atoms with Gasteiger partial charge in [0.15, 0.2) is 0 Å². The zero-order chi connectivity index (χ0) is 14.0. The van der Waals surface area contributed by atoms with Gasteiger partial charge in [-0.1, -0.05) is 0 Å². The first-order valence-electron chi connectivity index (χ1n) is 6.47. The summed E-state index contributed by atoms with van der Waals surface area (Å²) in [4.78, 5) is 0. The molecule has 0 amide bonds. The fourth-order valence-corrected chi connectivity index (χ4v) is 2.58. The van der Waals surface area contributed by atoms with Crippen LogP contribution in [-0.4, -0.2) is 0 Å². The van der Waals surface area contributed by atoms with E-state index in [2.05, 4.69) is 64.1 Å². The summed E-state index contributed by atoms with van der Waals surface area (Å²) in [7, 11) is 0. The predicted octanol–water partition coefficient (Wildman–Crippen LogP) is -1.19. The van der Waals surface area contributed by atoms with Gasteiger partial charge in [-0.2, -0.15) is 0 Å². The molecular formula is C17H19Cl2OTi. The van der Waals surface area contributed by atoms with E-state index in [-0.39, 0.29) is 30.2 Å². The van der Waals surface area contributed by atoms with Gasteiger partial charge in [-0.25, -0.2) is 0 Å². The summed E-state index contributed by atoms with van der Waals surface area (Å²) in [5, 5.41) is 0. The van der Waals surface area contributed by atoms with Gasteiger partial charge >= 0.3 is 128 Å². The summed E-state index contributed by atoms with van der Waals surface area (Å²) in [5.74, 6) is 0.955. The third-order valence-corrected chi connectivity index (χ3v) is 3.57. The first-order chi connectivity index (χ1) is 8.93. The van der Waals surface area contributed by atoms with E-state index in [1.54, 1.807) is 20.8 Å². The Morgan fingerprint density at radius 1 is 0.952 bits per heavy atom. The fraction of sp³-hybridized carbons (Fsp3) is 0.294. The molecule has 0 unspecified atom stereocenters. The number of benzene rings is 2. The molecule has 0 aromatic heterocycles. The Balaban J connectivity index is 0.00000200. The molecule has 0 saturated carbocycles. The minimum atomic E-state index is 0. The van der Waals surface area contributed by atoms with Gasteiger partial charge in [0.1, 0.15) is 0 Å². The van der Waals surface area contributed by atoms with Gasteiger partial charge in [-0.05, 0) is 0 Å². The van der Waals surface area contributed by atoms with E-state index < -0.39 is 0 Å². The standard InChI is InChI=1S/C17H20O.2ClH.Ti/c1-12-10-14(17(2,3)4)16(15(18)11-12)13-8-6-5-7-9-13;;;/h5-11,18H,1-4H3;2*1H;/q;;;+3/p-3. The largest absolute Gasteiger partial charge is 1.00 e. The van der Waals surface area contributed by atoms with E-state index in [1.807, 2.05) is 6.07 Å². The van der Waals surface area contributed by atoms with Crippen LogP contribution < -0.4 is 28.1 Å². The van der Waals surface area contributed by atoms with Crippen molar-refractivity contribution in [3.63, 3.8) is 0 Å². The molecule has 0 radical (unpaired) electrons. The molecule has 0 aliphatic rings. The third-order valence-electron chi connectivity index (χ3n) is 3.23. The quantitative estimate of drug-likeness (QED) is 0.614. The second-order valence-electron chi connectivity index (χ2n) is 5.90. The van der Waals surface area contributed by atoms with Crippen LogP contribution in [0.4, 0.5) is 0 Å². The van der Waals surface area contributed by atoms with Crippen LogP contribution in [0.25, 0.3) is 11.1 Å². The molecule has 0 heterocycles. The number of rotatable bonds is 2. The average molecular weight is 358 g/mol. The van der Waals surface area contributed by atoms with Crippen molar-refractivity contribution in [1.29, 1.82) is 0 Å². The molecule has 0 aliphatic heterocycles. The number of hydrogen-bond acceptors (Lipinski definition) is 1. The Morgan fingerprint density at radius 2 is 1.52 bits per heavy atom. The molecule has 0 atom stereocenters. The van der Waals surface area contributed by atoms with Crippen LogP contribution in [0.15, 0.2) is 42.5 Å². The molecule has 2 rings (SSSR count). The van der Waals surface area contributed by atoms with E-state index in [9.17, 15) is 0 Å². The van der Waals surface area contributed by atoms with Crippen LogP contribution in [-0.2, 0) is 26.2 Å². The smallest absolute Gasteiger partial charge is 1.00 e. The minimum Gasteiger partial charge on any atom is -1.00 e. The van der Waals surface area contributed by atoms with Crippen molar-refractivity contribution in [1.82, 2.24) is 0 Å². The van der Waals surface area contributed by atoms with Crippen LogP contribution in [0.3, 0.4) is 0 Å². The van der Waals surface area contributed by atoms with Gasteiger partial charge in [0.25, 0.3) is 0 Å². The summed E-state index contributed by atoms with van der Waals surface area (Å²) in [6.07, 6.45) is 0. The molecule has 4 heteroatoms.